The van der Waals surface area contributed by atoms with Gasteiger partial charge in [0.25, 0.3) is 0 Å². The summed E-state index contributed by atoms with van der Waals surface area (Å²) in [5.74, 6) is 1.05. The van der Waals surface area contributed by atoms with Gasteiger partial charge in [-0.05, 0) is 18.4 Å². The SMILES string of the molecule is Cc1c(-c2cncc(OCC(C)C)n2)ssc1=S. The van der Waals surface area contributed by atoms with Crippen molar-refractivity contribution in [3.8, 4) is 16.5 Å². The number of aromatic nitrogens is 2. The molecule has 0 amide bonds. The third-order valence-corrected chi connectivity index (χ3v) is 5.60. The molecule has 2 rings (SSSR count). The summed E-state index contributed by atoms with van der Waals surface area (Å²) in [5.41, 5.74) is 1.95. The van der Waals surface area contributed by atoms with Gasteiger partial charge in [0, 0.05) is 0 Å². The first-order valence-corrected chi connectivity index (χ1v) is 8.18. The molecule has 2 aromatic rings. The van der Waals surface area contributed by atoms with Crippen LogP contribution in [0.4, 0.5) is 0 Å². The monoisotopic (exact) mass is 298 g/mol. The summed E-state index contributed by atoms with van der Waals surface area (Å²) in [6.45, 7) is 6.88. The Kier molecular flexibility index (Phi) is 4.42. The summed E-state index contributed by atoms with van der Waals surface area (Å²) in [5, 5.41) is 0. The van der Waals surface area contributed by atoms with E-state index in [1.807, 2.05) is 6.92 Å². The van der Waals surface area contributed by atoms with E-state index in [-0.39, 0.29) is 0 Å². The van der Waals surface area contributed by atoms with Gasteiger partial charge in [-0.25, -0.2) is 4.98 Å². The van der Waals surface area contributed by atoms with Crippen molar-refractivity contribution in [3.63, 3.8) is 0 Å². The molecule has 2 heterocycles. The van der Waals surface area contributed by atoms with Gasteiger partial charge in [0.15, 0.2) is 0 Å². The lowest BCUT2D eigenvalue weighted by Crippen LogP contribution is -2.06. The highest BCUT2D eigenvalue weighted by atomic mass is 32.9. The van der Waals surface area contributed by atoms with Crippen LogP contribution in [0.2, 0.25) is 0 Å². The second-order valence-electron chi connectivity index (χ2n) is 4.36. The number of hydrogen-bond acceptors (Lipinski definition) is 6. The van der Waals surface area contributed by atoms with Crippen LogP contribution in [0.3, 0.4) is 0 Å². The predicted octanol–water partition coefficient (Wildman–Crippen LogP) is 4.34. The lowest BCUT2D eigenvalue weighted by Gasteiger charge is -2.08. The molecule has 0 atom stereocenters. The zero-order valence-corrected chi connectivity index (χ0v) is 12.9. The molecule has 3 nitrogen and oxygen atoms in total. The van der Waals surface area contributed by atoms with Crippen LogP contribution in [0.15, 0.2) is 12.4 Å². The van der Waals surface area contributed by atoms with Crippen molar-refractivity contribution < 1.29 is 4.74 Å². The standard InChI is InChI=1S/C12H14N2OS3/c1-7(2)6-15-10-5-13-4-9(14-10)11-8(3)12(16)18-17-11/h4-5,7H,6H2,1-3H3. The van der Waals surface area contributed by atoms with Crippen molar-refractivity contribution in [2.75, 3.05) is 6.61 Å². The molecule has 6 heteroatoms. The molecule has 18 heavy (non-hydrogen) atoms. The molecule has 0 aliphatic carbocycles. The van der Waals surface area contributed by atoms with Crippen LogP contribution >= 0.6 is 32.9 Å². The van der Waals surface area contributed by atoms with Crippen LogP contribution in [0, 0.1) is 16.7 Å². The molecule has 0 spiro atoms. The zero-order chi connectivity index (χ0) is 13.1. The highest BCUT2D eigenvalue weighted by Gasteiger charge is 2.10. The molecule has 0 saturated carbocycles. The molecule has 0 aliphatic rings. The van der Waals surface area contributed by atoms with Crippen LogP contribution in [0.25, 0.3) is 10.6 Å². The van der Waals surface area contributed by atoms with Crippen LogP contribution in [0.1, 0.15) is 19.4 Å². The number of ether oxygens (including phenoxy) is 1. The highest BCUT2D eigenvalue weighted by Crippen LogP contribution is 2.32. The smallest absolute Gasteiger partial charge is 0.232 e. The van der Waals surface area contributed by atoms with E-state index in [0.29, 0.717) is 18.4 Å². The molecule has 0 saturated heterocycles. The van der Waals surface area contributed by atoms with Gasteiger partial charge in [-0.15, -0.1) is 0 Å². The van der Waals surface area contributed by atoms with Gasteiger partial charge in [-0.3, -0.25) is 4.98 Å². The maximum Gasteiger partial charge on any atom is 0.232 e. The maximum absolute atomic E-state index is 5.58. The summed E-state index contributed by atoms with van der Waals surface area (Å²) in [6.07, 6.45) is 3.40. The van der Waals surface area contributed by atoms with Crippen LogP contribution < -0.4 is 4.74 Å². The van der Waals surface area contributed by atoms with Crippen LogP contribution in [-0.2, 0) is 0 Å². The van der Waals surface area contributed by atoms with Gasteiger partial charge >= 0.3 is 0 Å². The van der Waals surface area contributed by atoms with Gasteiger partial charge in [-0.2, -0.15) is 0 Å². The second kappa shape index (κ2) is 5.86. The molecule has 2 aromatic heterocycles. The Morgan fingerprint density at radius 2 is 2.11 bits per heavy atom. The van der Waals surface area contributed by atoms with E-state index in [2.05, 4.69) is 23.8 Å². The Labute approximate surface area is 119 Å². The van der Waals surface area contributed by atoms with E-state index in [1.54, 1.807) is 33.1 Å². The van der Waals surface area contributed by atoms with Crippen molar-refractivity contribution in [1.29, 1.82) is 0 Å². The molecular weight excluding hydrogens is 284 g/mol. The van der Waals surface area contributed by atoms with Gasteiger partial charge < -0.3 is 4.74 Å². The Hall–Kier alpha value is -0.850. The Morgan fingerprint density at radius 1 is 1.33 bits per heavy atom. The first-order chi connectivity index (χ1) is 8.58. The van der Waals surface area contributed by atoms with Crippen LogP contribution in [-0.4, -0.2) is 16.6 Å². The Bertz CT molecular complexity index is 589. The molecule has 0 aromatic carbocycles. The number of nitrogens with zero attached hydrogens (tertiary/aromatic N) is 2. The quantitative estimate of drug-likeness (QED) is 0.621. The molecule has 96 valence electrons. The van der Waals surface area contributed by atoms with E-state index in [1.165, 1.54) is 0 Å². The van der Waals surface area contributed by atoms with Gasteiger partial charge in [0.05, 0.1) is 23.9 Å². The fourth-order valence-electron chi connectivity index (χ4n) is 1.31. The number of hydrogen-bond donors (Lipinski definition) is 0. The third kappa shape index (κ3) is 3.13. The second-order valence-corrected chi connectivity index (χ2v) is 7.17. The average molecular weight is 298 g/mol. The zero-order valence-electron chi connectivity index (χ0n) is 10.5. The van der Waals surface area contributed by atoms with Crippen LogP contribution in [0.5, 0.6) is 5.88 Å². The molecule has 0 N–H and O–H groups in total. The summed E-state index contributed by atoms with van der Waals surface area (Å²) < 4.78 is 6.51. The minimum Gasteiger partial charge on any atom is -0.476 e. The molecule has 0 radical (unpaired) electrons. The topological polar surface area (TPSA) is 35.0 Å². The first-order valence-electron chi connectivity index (χ1n) is 5.63. The van der Waals surface area contributed by atoms with E-state index < -0.39 is 0 Å². The molecule has 0 unspecified atom stereocenters. The summed E-state index contributed by atoms with van der Waals surface area (Å²) in [6, 6.07) is 0. The predicted molar refractivity (Wildman–Crippen MR) is 79.1 cm³/mol. The summed E-state index contributed by atoms with van der Waals surface area (Å²) in [4.78, 5) is 9.74. The van der Waals surface area contributed by atoms with Crippen molar-refractivity contribution in [3.05, 3.63) is 21.8 Å². The molecule has 0 bridgehead atoms. The van der Waals surface area contributed by atoms with Crippen molar-refractivity contribution in [1.82, 2.24) is 9.97 Å². The minimum atomic E-state index is 0.473. The summed E-state index contributed by atoms with van der Waals surface area (Å²) >= 11 is 5.24. The van der Waals surface area contributed by atoms with E-state index in [0.717, 1.165) is 20.0 Å². The van der Waals surface area contributed by atoms with Gasteiger partial charge in [-0.1, -0.05) is 46.7 Å². The lowest BCUT2D eigenvalue weighted by atomic mass is 10.2. The maximum atomic E-state index is 5.58. The molecule has 0 fully saturated rings. The van der Waals surface area contributed by atoms with E-state index in [4.69, 9.17) is 17.0 Å². The van der Waals surface area contributed by atoms with Gasteiger partial charge in [0.1, 0.15) is 9.52 Å². The number of rotatable bonds is 4. The first kappa shape index (κ1) is 13.6. The largest absolute Gasteiger partial charge is 0.476 e. The van der Waals surface area contributed by atoms with Gasteiger partial charge in [0.2, 0.25) is 5.88 Å². The Morgan fingerprint density at radius 3 is 2.72 bits per heavy atom. The van der Waals surface area contributed by atoms with E-state index in [9.17, 15) is 0 Å². The lowest BCUT2D eigenvalue weighted by molar-refractivity contribution is 0.260. The fraction of sp³-hybridized carbons (Fsp3) is 0.417. The third-order valence-electron chi connectivity index (χ3n) is 2.26. The molecule has 0 aliphatic heterocycles. The van der Waals surface area contributed by atoms with E-state index >= 15 is 0 Å². The van der Waals surface area contributed by atoms with Crippen molar-refractivity contribution >= 4 is 32.9 Å². The Balaban J connectivity index is 2.27. The average Bonchev–Trinajstić information content (AvgIpc) is 2.68. The fourth-order valence-corrected chi connectivity index (χ4v) is 4.13. The normalized spacial score (nSPS) is 10.9. The highest BCUT2D eigenvalue weighted by molar-refractivity contribution is 7.80. The molecular formula is C12H14N2OS3. The van der Waals surface area contributed by atoms with Crippen molar-refractivity contribution in [2.45, 2.75) is 20.8 Å². The minimum absolute atomic E-state index is 0.473. The van der Waals surface area contributed by atoms with Crippen molar-refractivity contribution in [2.24, 2.45) is 5.92 Å². The summed E-state index contributed by atoms with van der Waals surface area (Å²) in [7, 11) is 3.24.